The number of aliphatic hydroxyl groups is 8. The Kier molecular flexibility index (Phi) is 31.0. The minimum atomic E-state index is -0.202. The van der Waals surface area contributed by atoms with Gasteiger partial charge in [0, 0.05) is 65.4 Å². The molecule has 0 aliphatic carbocycles. The number of hydrogen-bond acceptors (Lipinski definition) is 16. The number of pyridine rings is 4. The minimum absolute atomic E-state index is 0.0973. The molecule has 0 amide bonds. The predicted molar refractivity (Wildman–Crippen MR) is 590 cm³/mol. The molecule has 19 nitrogen and oxygen atoms in total. The number of anilines is 3. The summed E-state index contributed by atoms with van der Waals surface area (Å²) in [5.41, 5.74) is 46.5. The molecular weight excluding hydrogens is 1800 g/mol. The molecule has 16 aromatic carbocycles. The van der Waals surface area contributed by atoms with Crippen LogP contribution in [0, 0.1) is 0 Å². The van der Waals surface area contributed by atoms with Crippen LogP contribution in [0.15, 0.2) is 393 Å². The molecule has 0 bridgehead atoms. The lowest BCUT2D eigenvalue weighted by Crippen LogP contribution is -2.37. The largest absolute Gasteiger partial charge is 0.392 e. The van der Waals surface area contributed by atoms with E-state index in [1.165, 1.54) is 11.1 Å². The molecular formula is C126H115N10O9+. The quantitative estimate of drug-likeness (QED) is 0.0153. The first kappa shape index (κ1) is 98.6. The van der Waals surface area contributed by atoms with Crippen molar-refractivity contribution in [2.45, 2.75) is 52.9 Å². The van der Waals surface area contributed by atoms with Crippen LogP contribution in [0.3, 0.4) is 0 Å². The molecule has 1 saturated heterocycles. The number of fused-ring (bicyclic) bond motifs is 4. The van der Waals surface area contributed by atoms with E-state index in [1.54, 1.807) is 6.07 Å². The fraction of sp³-hybridized carbons (Fsp3) is 0.135. The van der Waals surface area contributed by atoms with E-state index in [0.717, 1.165) is 208 Å². The van der Waals surface area contributed by atoms with Crippen molar-refractivity contribution in [2.24, 2.45) is 23.5 Å². The predicted octanol–water partition coefficient (Wildman–Crippen LogP) is 23.2. The van der Waals surface area contributed by atoms with Gasteiger partial charge in [0.25, 0.3) is 5.82 Å². The van der Waals surface area contributed by atoms with Gasteiger partial charge < -0.3 is 66.9 Å². The molecule has 722 valence electrons. The van der Waals surface area contributed by atoms with Crippen molar-refractivity contribution in [3.63, 3.8) is 0 Å². The highest BCUT2D eigenvalue weighted by Crippen LogP contribution is 2.45. The number of nitrogens with two attached hydrogens (primary N) is 2. The van der Waals surface area contributed by atoms with Crippen molar-refractivity contribution in [3.05, 3.63) is 433 Å². The van der Waals surface area contributed by atoms with Crippen LogP contribution in [0.5, 0.6) is 0 Å². The first-order valence-electron chi connectivity index (χ1n) is 48.4. The average Bonchev–Trinajstić information content (AvgIpc) is 0.704. The fourth-order valence-electron chi connectivity index (χ4n) is 19.2. The Morgan fingerprint density at radius 3 is 0.848 bits per heavy atom. The Bertz CT molecular complexity index is 7790. The molecule has 5 heterocycles. The highest BCUT2D eigenvalue weighted by atomic mass is 16.5. The van der Waals surface area contributed by atoms with Gasteiger partial charge in [-0.3, -0.25) is 4.90 Å². The average molecular weight is 1910 g/mol. The van der Waals surface area contributed by atoms with E-state index in [9.17, 15) is 40.9 Å². The van der Waals surface area contributed by atoms with Gasteiger partial charge in [-0.1, -0.05) is 243 Å². The van der Waals surface area contributed by atoms with E-state index >= 15 is 0 Å². The molecule has 19 heteroatoms. The smallest absolute Gasteiger partial charge is 0.284 e. The van der Waals surface area contributed by atoms with Crippen LogP contribution in [-0.4, -0.2) is 116 Å². The Balaban J connectivity index is 0.000000127. The lowest BCUT2D eigenvalue weighted by Gasteiger charge is -2.30. The summed E-state index contributed by atoms with van der Waals surface area (Å²) in [6, 6.07) is 133. The Morgan fingerprint density at radius 2 is 0.538 bits per heavy atom. The fourth-order valence-corrected chi connectivity index (χ4v) is 19.2. The monoisotopic (exact) mass is 1910 g/mol. The first-order valence-corrected chi connectivity index (χ1v) is 48.4. The molecule has 4 aromatic heterocycles. The SMILES string of the molecule is CN(C)c1c(-c2cc(-c3ccccc3)cc(-c3ccccc3)c2)cc2cc(CO)c(CO)cc2[n+]1C.CN(C)c1nc2cc(CO)c(CO)cc2cc1-c1cc(-c2ccccc2)cc(-c2ccccc2)c1.NC(N)=Nc1nc2cc(CO)c(CO)cc2cc1-c1cc(-c2ccccc2)cc(-c2ccccc2)c1.OCc1cc2cc(-c3cc(-c4ccccc4)cc(-c4ccccc4)c3)c(N3CCOCC3)nc2cc1CO. The number of ether oxygens (including phenoxy) is 1. The van der Waals surface area contributed by atoms with Crippen LogP contribution in [0.25, 0.3) is 177 Å². The molecule has 0 atom stereocenters. The van der Waals surface area contributed by atoms with E-state index < -0.39 is 0 Å². The number of guanidine groups is 1. The summed E-state index contributed by atoms with van der Waals surface area (Å²) in [4.78, 5) is 25.6. The number of rotatable bonds is 24. The van der Waals surface area contributed by atoms with Crippen molar-refractivity contribution in [1.82, 2.24) is 15.0 Å². The highest BCUT2D eigenvalue weighted by Gasteiger charge is 2.27. The molecule has 21 rings (SSSR count). The van der Waals surface area contributed by atoms with Gasteiger partial charge in [0.05, 0.1) is 109 Å². The number of hydrogen-bond donors (Lipinski definition) is 10. The van der Waals surface area contributed by atoms with Crippen LogP contribution >= 0.6 is 0 Å². The molecule has 0 radical (unpaired) electrons. The summed E-state index contributed by atoms with van der Waals surface area (Å²) in [6.07, 6.45) is 0. The summed E-state index contributed by atoms with van der Waals surface area (Å²) in [5.74, 6) is 3.10. The summed E-state index contributed by atoms with van der Waals surface area (Å²) in [6.45, 7) is 1.71. The lowest BCUT2D eigenvalue weighted by atomic mass is 9.92. The van der Waals surface area contributed by atoms with Gasteiger partial charge in [0.15, 0.2) is 11.8 Å². The minimum Gasteiger partial charge on any atom is -0.392 e. The van der Waals surface area contributed by atoms with Gasteiger partial charge in [-0.2, -0.15) is 4.99 Å². The standard InChI is InChI=1S/C33H30N2O3.C32H31N2O2.C31H28N2O2.C30H26N4O2/c36-21-29-18-28-19-31(33(35-11-13-38-14-12-35)34-32(28)20-30(29)22-37)27-16-25(23-7-3-1-4-8-23)15-26(17-27)24-9-5-2-6-10-24;1-33(2)32-30(18-27-17-28(20-35)29(21-36)19-31(27)34(32)3)26-15-24(22-10-6-4-7-11-22)14-25(16-26)23-12-8-5-9-13-23;1-33(2)31-29(17-26-16-27(19-34)28(20-35)18-30(26)32-31)25-14-23(21-9-5-3-6-10-21)13-24(15-25)22-11-7-4-8-12-22;31-30(32)34-29-27(15-24-14-25(17-35)26(18-36)16-28(24)33-29)23-12-21(19-7-3-1-4-8-19)11-22(13-23)20-9-5-2-6-10-20/h1-10,15-20,36-37H,11-14,21-22H2;4-19,35-36H,20-21H2,1-3H3;3-18,34-35H,19-20H2,1-2H3;1-16,35-36H,17-18H2,(H4,31,32,33,34)/q;+1;;. The van der Waals surface area contributed by atoms with Crippen LogP contribution in [-0.2, 0) is 64.6 Å². The zero-order chi connectivity index (χ0) is 101. The maximum atomic E-state index is 9.93. The van der Waals surface area contributed by atoms with Crippen molar-refractivity contribution >= 4 is 72.8 Å². The van der Waals surface area contributed by atoms with Gasteiger partial charge in [0.2, 0.25) is 0 Å². The third-order valence-electron chi connectivity index (χ3n) is 26.5. The molecule has 1 aliphatic heterocycles. The summed E-state index contributed by atoms with van der Waals surface area (Å²) < 4.78 is 7.81. The third kappa shape index (κ3) is 22.4. The second-order valence-electron chi connectivity index (χ2n) is 36.5. The van der Waals surface area contributed by atoms with Gasteiger partial charge in [-0.25, -0.2) is 19.5 Å². The van der Waals surface area contributed by atoms with Crippen molar-refractivity contribution in [2.75, 3.05) is 69.2 Å². The number of nitrogens with zero attached hydrogens (tertiary/aromatic N) is 8. The van der Waals surface area contributed by atoms with E-state index in [-0.39, 0.29) is 58.8 Å². The van der Waals surface area contributed by atoms with Gasteiger partial charge in [-0.15, -0.1) is 0 Å². The normalized spacial score (nSPS) is 11.7. The second kappa shape index (κ2) is 45.6. The summed E-state index contributed by atoms with van der Waals surface area (Å²) in [7, 11) is 10.1. The van der Waals surface area contributed by atoms with E-state index in [2.05, 4.69) is 301 Å². The lowest BCUT2D eigenvalue weighted by molar-refractivity contribution is -0.631. The Hall–Kier alpha value is -16.5. The van der Waals surface area contributed by atoms with Crippen LogP contribution < -0.4 is 30.7 Å². The topological polar surface area (TPSA) is 288 Å². The third-order valence-corrected chi connectivity index (χ3v) is 26.5. The zero-order valence-electron chi connectivity index (χ0n) is 81.7. The second-order valence-corrected chi connectivity index (χ2v) is 36.5. The molecule has 12 N–H and O–H groups in total. The zero-order valence-corrected chi connectivity index (χ0v) is 81.7. The maximum absolute atomic E-state index is 9.93. The van der Waals surface area contributed by atoms with E-state index in [0.29, 0.717) is 52.4 Å². The van der Waals surface area contributed by atoms with E-state index in [4.69, 9.17) is 31.2 Å². The molecule has 0 saturated carbocycles. The molecule has 1 aliphatic rings. The van der Waals surface area contributed by atoms with Crippen molar-refractivity contribution < 1.29 is 50.2 Å². The van der Waals surface area contributed by atoms with Gasteiger partial charge in [-0.05, 0) is 301 Å². The van der Waals surface area contributed by atoms with Gasteiger partial charge >= 0.3 is 0 Å². The van der Waals surface area contributed by atoms with Crippen molar-refractivity contribution in [1.29, 1.82) is 0 Å². The highest BCUT2D eigenvalue weighted by molar-refractivity contribution is 5.99. The van der Waals surface area contributed by atoms with Gasteiger partial charge in [0.1, 0.15) is 17.2 Å². The Morgan fingerprint density at radius 1 is 0.283 bits per heavy atom. The number of aliphatic hydroxyl groups excluding tert-OH is 8. The summed E-state index contributed by atoms with van der Waals surface area (Å²) in [5, 5.41) is 82.4. The van der Waals surface area contributed by atoms with Crippen molar-refractivity contribution in [3.8, 4) is 134 Å². The molecule has 1 fully saturated rings. The first-order chi connectivity index (χ1) is 70.8. The Labute approximate surface area is 844 Å². The molecule has 20 aromatic rings. The number of morpholine rings is 1. The number of aromatic nitrogens is 4. The number of benzene rings is 16. The summed E-state index contributed by atoms with van der Waals surface area (Å²) >= 11 is 0. The maximum Gasteiger partial charge on any atom is 0.284 e. The molecule has 145 heavy (non-hydrogen) atoms. The van der Waals surface area contributed by atoms with Crippen LogP contribution in [0.1, 0.15) is 44.5 Å². The molecule has 0 spiro atoms. The van der Waals surface area contributed by atoms with Crippen LogP contribution in [0.2, 0.25) is 0 Å². The number of aliphatic imine (C=N–C) groups is 1. The molecule has 0 unspecified atom stereocenters. The van der Waals surface area contributed by atoms with Crippen LogP contribution in [0.4, 0.5) is 23.3 Å². The van der Waals surface area contributed by atoms with E-state index in [1.807, 2.05) is 140 Å². The number of aryl methyl sites for hydroxylation is 1.